The molecule has 0 aliphatic carbocycles. The molecule has 1 aliphatic rings. The van der Waals surface area contributed by atoms with Crippen molar-refractivity contribution in [3.63, 3.8) is 0 Å². The third-order valence-corrected chi connectivity index (χ3v) is 2.68. The minimum Gasteiger partial charge on any atom is -0.378 e. The van der Waals surface area contributed by atoms with Crippen molar-refractivity contribution in [1.29, 1.82) is 0 Å². The zero-order valence-corrected chi connectivity index (χ0v) is 9.25. The smallest absolute Gasteiger partial charge is 0.284 e. The van der Waals surface area contributed by atoms with Gasteiger partial charge in [0.15, 0.2) is 0 Å². The average molecular weight is 204 g/mol. The van der Waals surface area contributed by atoms with E-state index in [2.05, 4.69) is 0 Å². The van der Waals surface area contributed by atoms with Gasteiger partial charge in [-0.1, -0.05) is 0 Å². The molecule has 1 heterocycles. The van der Waals surface area contributed by atoms with E-state index in [4.69, 9.17) is 18.9 Å². The topological polar surface area (TPSA) is 36.9 Å². The van der Waals surface area contributed by atoms with Crippen molar-refractivity contribution in [2.75, 3.05) is 27.9 Å². The lowest BCUT2D eigenvalue weighted by Gasteiger charge is -2.33. The van der Waals surface area contributed by atoms with Crippen molar-refractivity contribution in [1.82, 2.24) is 0 Å². The molecule has 1 fully saturated rings. The number of ether oxygens (including phenoxy) is 4. The summed E-state index contributed by atoms with van der Waals surface area (Å²) in [5, 5.41) is 0. The minimum absolute atomic E-state index is 0.184. The van der Waals surface area contributed by atoms with E-state index < -0.39 is 5.97 Å². The Morgan fingerprint density at radius 3 is 2.21 bits per heavy atom. The maximum atomic E-state index is 5.60. The highest BCUT2D eigenvalue weighted by atomic mass is 16.9. The van der Waals surface area contributed by atoms with E-state index in [9.17, 15) is 0 Å². The fourth-order valence-electron chi connectivity index (χ4n) is 1.75. The standard InChI is InChI=1S/C10H20O4/c1-11-10(12-2,13-3)8-9-6-4-5-7-14-9/h9H,4-8H2,1-3H3. The fraction of sp³-hybridized carbons (Fsp3) is 1.00. The van der Waals surface area contributed by atoms with Crippen LogP contribution in [0.25, 0.3) is 0 Å². The van der Waals surface area contributed by atoms with Crippen LogP contribution in [0.1, 0.15) is 25.7 Å². The van der Waals surface area contributed by atoms with Crippen molar-refractivity contribution in [2.45, 2.75) is 37.8 Å². The van der Waals surface area contributed by atoms with Crippen LogP contribution in [-0.2, 0) is 18.9 Å². The average Bonchev–Trinajstić information content (AvgIpc) is 2.28. The molecule has 0 N–H and O–H groups in total. The molecular formula is C10H20O4. The van der Waals surface area contributed by atoms with Gasteiger partial charge in [0.1, 0.15) is 0 Å². The van der Waals surface area contributed by atoms with Crippen LogP contribution in [-0.4, -0.2) is 40.0 Å². The molecule has 1 saturated heterocycles. The summed E-state index contributed by atoms with van der Waals surface area (Å²) < 4.78 is 21.2. The largest absolute Gasteiger partial charge is 0.378 e. The van der Waals surface area contributed by atoms with Crippen molar-refractivity contribution in [3.05, 3.63) is 0 Å². The van der Waals surface area contributed by atoms with Gasteiger partial charge in [0.25, 0.3) is 5.97 Å². The van der Waals surface area contributed by atoms with Crippen LogP contribution >= 0.6 is 0 Å². The molecule has 0 aromatic heterocycles. The van der Waals surface area contributed by atoms with Gasteiger partial charge in [-0.2, -0.15) is 0 Å². The van der Waals surface area contributed by atoms with Gasteiger partial charge in [-0.25, -0.2) is 0 Å². The summed E-state index contributed by atoms with van der Waals surface area (Å²) in [6.07, 6.45) is 4.21. The molecule has 4 heteroatoms. The second-order valence-corrected chi connectivity index (χ2v) is 3.49. The maximum absolute atomic E-state index is 5.60. The van der Waals surface area contributed by atoms with Crippen molar-refractivity contribution < 1.29 is 18.9 Å². The fourth-order valence-corrected chi connectivity index (χ4v) is 1.75. The van der Waals surface area contributed by atoms with Crippen LogP contribution < -0.4 is 0 Å². The summed E-state index contributed by atoms with van der Waals surface area (Å²) in [6, 6.07) is 0. The molecule has 0 saturated carbocycles. The Hall–Kier alpha value is -0.160. The van der Waals surface area contributed by atoms with E-state index in [0.29, 0.717) is 6.42 Å². The second-order valence-electron chi connectivity index (χ2n) is 3.49. The molecule has 0 bridgehead atoms. The third kappa shape index (κ3) is 2.92. The van der Waals surface area contributed by atoms with Crippen LogP contribution in [0.5, 0.6) is 0 Å². The lowest BCUT2D eigenvalue weighted by molar-refractivity contribution is -0.363. The zero-order valence-electron chi connectivity index (χ0n) is 9.25. The molecule has 84 valence electrons. The summed E-state index contributed by atoms with van der Waals surface area (Å²) in [5.41, 5.74) is 0. The van der Waals surface area contributed by atoms with Crippen LogP contribution in [0.3, 0.4) is 0 Å². The van der Waals surface area contributed by atoms with E-state index in [1.807, 2.05) is 0 Å². The highest BCUT2D eigenvalue weighted by Gasteiger charge is 2.34. The van der Waals surface area contributed by atoms with Gasteiger partial charge in [0.2, 0.25) is 0 Å². The lowest BCUT2D eigenvalue weighted by Crippen LogP contribution is -2.41. The Morgan fingerprint density at radius 1 is 1.14 bits per heavy atom. The predicted octanol–water partition coefficient (Wildman–Crippen LogP) is 1.54. The lowest BCUT2D eigenvalue weighted by atomic mass is 10.1. The first kappa shape index (κ1) is 11.9. The maximum Gasteiger partial charge on any atom is 0.284 e. The second kappa shape index (κ2) is 5.66. The predicted molar refractivity (Wildman–Crippen MR) is 52.0 cm³/mol. The van der Waals surface area contributed by atoms with Crippen LogP contribution in [0.15, 0.2) is 0 Å². The normalized spacial score (nSPS) is 23.8. The summed E-state index contributed by atoms with van der Waals surface area (Å²) in [7, 11) is 4.74. The minimum atomic E-state index is -0.942. The van der Waals surface area contributed by atoms with Gasteiger partial charge in [0.05, 0.1) is 12.5 Å². The molecule has 1 atom stereocenters. The van der Waals surface area contributed by atoms with Gasteiger partial charge in [-0.05, 0) is 19.3 Å². The summed E-state index contributed by atoms with van der Waals surface area (Å²) >= 11 is 0. The molecule has 0 radical (unpaired) electrons. The Balaban J connectivity index is 2.44. The van der Waals surface area contributed by atoms with E-state index in [1.165, 1.54) is 6.42 Å². The van der Waals surface area contributed by atoms with Crippen molar-refractivity contribution >= 4 is 0 Å². The molecule has 0 aromatic carbocycles. The first-order valence-corrected chi connectivity index (χ1v) is 5.03. The Kier molecular flexibility index (Phi) is 4.81. The molecule has 4 nitrogen and oxygen atoms in total. The van der Waals surface area contributed by atoms with Gasteiger partial charge >= 0.3 is 0 Å². The van der Waals surface area contributed by atoms with Gasteiger partial charge in [-0.15, -0.1) is 0 Å². The van der Waals surface area contributed by atoms with Gasteiger partial charge in [0, 0.05) is 27.9 Å². The quantitative estimate of drug-likeness (QED) is 0.636. The van der Waals surface area contributed by atoms with Crippen molar-refractivity contribution in [2.24, 2.45) is 0 Å². The molecule has 1 rings (SSSR count). The molecule has 0 spiro atoms. The molecule has 1 unspecified atom stereocenters. The highest BCUT2D eigenvalue weighted by molar-refractivity contribution is 4.69. The van der Waals surface area contributed by atoms with Gasteiger partial charge < -0.3 is 18.9 Å². The summed E-state index contributed by atoms with van der Waals surface area (Å²) in [4.78, 5) is 0. The van der Waals surface area contributed by atoms with E-state index in [1.54, 1.807) is 21.3 Å². The van der Waals surface area contributed by atoms with E-state index in [0.717, 1.165) is 19.4 Å². The molecule has 1 aliphatic heterocycles. The Labute approximate surface area is 85.5 Å². The molecule has 0 amide bonds. The van der Waals surface area contributed by atoms with E-state index >= 15 is 0 Å². The highest BCUT2D eigenvalue weighted by Crippen LogP contribution is 2.25. The first-order valence-electron chi connectivity index (χ1n) is 5.03. The molecule has 0 aromatic rings. The molecular weight excluding hydrogens is 184 g/mol. The zero-order chi connectivity index (χ0) is 10.4. The number of rotatable bonds is 5. The van der Waals surface area contributed by atoms with Crippen LogP contribution in [0.4, 0.5) is 0 Å². The van der Waals surface area contributed by atoms with E-state index in [-0.39, 0.29) is 6.10 Å². The Morgan fingerprint density at radius 2 is 1.79 bits per heavy atom. The first-order chi connectivity index (χ1) is 6.76. The third-order valence-electron chi connectivity index (χ3n) is 2.68. The summed E-state index contributed by atoms with van der Waals surface area (Å²) in [5.74, 6) is -0.942. The monoisotopic (exact) mass is 204 g/mol. The van der Waals surface area contributed by atoms with Crippen LogP contribution in [0.2, 0.25) is 0 Å². The SMILES string of the molecule is COC(CC1CCCCO1)(OC)OC. The Bertz CT molecular complexity index is 142. The van der Waals surface area contributed by atoms with Crippen LogP contribution in [0, 0.1) is 0 Å². The molecule has 14 heavy (non-hydrogen) atoms. The van der Waals surface area contributed by atoms with Gasteiger partial charge in [-0.3, -0.25) is 0 Å². The number of methoxy groups -OCH3 is 3. The number of hydrogen-bond donors (Lipinski definition) is 0. The van der Waals surface area contributed by atoms with Crippen molar-refractivity contribution in [3.8, 4) is 0 Å². The summed E-state index contributed by atoms with van der Waals surface area (Å²) in [6.45, 7) is 0.831. The number of hydrogen-bond acceptors (Lipinski definition) is 4.